The maximum Gasteiger partial charge on any atom is 0.250 e. The molecule has 106 valence electrons. The molecule has 6 nitrogen and oxygen atoms in total. The van der Waals surface area contributed by atoms with E-state index in [1.165, 1.54) is 6.07 Å². The number of pyridine rings is 1. The fraction of sp³-hybridized carbons (Fsp3) is 0.615. The van der Waals surface area contributed by atoms with Gasteiger partial charge < -0.3 is 19.8 Å². The van der Waals surface area contributed by atoms with Crippen LogP contribution in [0.15, 0.2) is 23.1 Å². The maximum absolute atomic E-state index is 11.7. The van der Waals surface area contributed by atoms with E-state index in [-0.39, 0.29) is 17.8 Å². The van der Waals surface area contributed by atoms with Gasteiger partial charge in [0.2, 0.25) is 0 Å². The monoisotopic (exact) mass is 267 g/mol. The summed E-state index contributed by atoms with van der Waals surface area (Å²) in [5, 5.41) is 0. The highest BCUT2D eigenvalue weighted by atomic mass is 16.5. The molecule has 0 bridgehead atoms. The van der Waals surface area contributed by atoms with Gasteiger partial charge in [-0.15, -0.1) is 0 Å². The lowest BCUT2D eigenvalue weighted by molar-refractivity contribution is -0.00461. The summed E-state index contributed by atoms with van der Waals surface area (Å²) in [7, 11) is 3.39. The second-order valence-corrected chi connectivity index (χ2v) is 4.80. The van der Waals surface area contributed by atoms with Crippen LogP contribution in [-0.2, 0) is 16.0 Å². The van der Waals surface area contributed by atoms with Crippen LogP contribution in [0.1, 0.15) is 0 Å². The number of nitrogen functional groups attached to an aromatic ring is 1. The molecule has 0 radical (unpaired) electrons. The average Bonchev–Trinajstić information content (AvgIpc) is 2.82. The zero-order valence-corrected chi connectivity index (χ0v) is 11.4. The molecule has 2 atom stereocenters. The van der Waals surface area contributed by atoms with Gasteiger partial charge in [-0.05, 0) is 6.07 Å². The van der Waals surface area contributed by atoms with Crippen LogP contribution in [0.3, 0.4) is 0 Å². The molecule has 0 aliphatic carbocycles. The fourth-order valence-corrected chi connectivity index (χ4v) is 2.43. The molecule has 0 aromatic carbocycles. The Bertz CT molecular complexity index is 462. The molecule has 1 fully saturated rings. The Morgan fingerprint density at radius 1 is 1.21 bits per heavy atom. The number of aromatic nitrogens is 1. The Hall–Kier alpha value is -1.37. The van der Waals surface area contributed by atoms with Gasteiger partial charge in [-0.1, -0.05) is 0 Å². The summed E-state index contributed by atoms with van der Waals surface area (Å²) < 4.78 is 12.4. The van der Waals surface area contributed by atoms with Crippen molar-refractivity contribution in [1.29, 1.82) is 0 Å². The summed E-state index contributed by atoms with van der Waals surface area (Å²) in [5.41, 5.74) is 6.26. The molecular formula is C13H21N3O3. The molecule has 19 heavy (non-hydrogen) atoms. The first-order valence-corrected chi connectivity index (χ1v) is 6.38. The van der Waals surface area contributed by atoms with Gasteiger partial charge in [0.15, 0.2) is 0 Å². The van der Waals surface area contributed by atoms with Gasteiger partial charge in [0, 0.05) is 58.3 Å². The third-order valence-electron chi connectivity index (χ3n) is 3.56. The standard InChI is InChI=1S/C13H21N3O3/c1-18-11-8-15(9-12(11)19-2)5-6-16-7-10(14)3-4-13(16)17/h3-4,7,11-12H,5-6,8-9,14H2,1-2H3. The minimum Gasteiger partial charge on any atom is -0.398 e. The topological polar surface area (TPSA) is 69.7 Å². The summed E-state index contributed by atoms with van der Waals surface area (Å²) >= 11 is 0. The molecule has 2 rings (SSSR count). The van der Waals surface area contributed by atoms with Crippen molar-refractivity contribution >= 4 is 5.69 Å². The highest BCUT2D eigenvalue weighted by Crippen LogP contribution is 2.15. The van der Waals surface area contributed by atoms with Crippen LogP contribution in [0.25, 0.3) is 0 Å². The van der Waals surface area contributed by atoms with Gasteiger partial charge >= 0.3 is 0 Å². The molecule has 1 aliphatic heterocycles. The minimum absolute atomic E-state index is 0.0278. The van der Waals surface area contributed by atoms with Gasteiger partial charge in [-0.2, -0.15) is 0 Å². The highest BCUT2D eigenvalue weighted by molar-refractivity contribution is 5.33. The molecule has 1 aromatic heterocycles. The maximum atomic E-state index is 11.7. The number of nitrogens with zero attached hydrogens (tertiary/aromatic N) is 2. The third kappa shape index (κ3) is 3.34. The quantitative estimate of drug-likeness (QED) is 0.798. The summed E-state index contributed by atoms with van der Waals surface area (Å²) in [5.74, 6) is 0. The van der Waals surface area contributed by atoms with E-state index in [9.17, 15) is 4.79 Å². The highest BCUT2D eigenvalue weighted by Gasteiger charge is 2.32. The van der Waals surface area contributed by atoms with Crippen LogP contribution in [0.5, 0.6) is 0 Å². The van der Waals surface area contributed by atoms with Crippen molar-refractivity contribution in [3.63, 3.8) is 0 Å². The van der Waals surface area contributed by atoms with Crippen molar-refractivity contribution in [1.82, 2.24) is 9.47 Å². The number of hydrogen-bond acceptors (Lipinski definition) is 5. The van der Waals surface area contributed by atoms with E-state index in [0.717, 1.165) is 19.6 Å². The molecule has 1 aliphatic rings. The van der Waals surface area contributed by atoms with E-state index in [2.05, 4.69) is 4.90 Å². The van der Waals surface area contributed by atoms with Crippen molar-refractivity contribution in [2.45, 2.75) is 18.8 Å². The first-order chi connectivity index (χ1) is 9.13. The molecular weight excluding hydrogens is 246 g/mol. The summed E-state index contributed by atoms with van der Waals surface area (Å²) in [6.45, 7) is 3.05. The van der Waals surface area contributed by atoms with E-state index in [1.54, 1.807) is 31.0 Å². The summed E-state index contributed by atoms with van der Waals surface area (Å²) in [4.78, 5) is 13.9. The number of anilines is 1. The summed E-state index contributed by atoms with van der Waals surface area (Å²) in [6.07, 6.45) is 1.88. The molecule has 6 heteroatoms. The van der Waals surface area contributed by atoms with Crippen molar-refractivity contribution < 1.29 is 9.47 Å². The number of ether oxygens (including phenoxy) is 2. The van der Waals surface area contributed by atoms with Gasteiger partial charge in [0.05, 0.1) is 12.2 Å². The van der Waals surface area contributed by atoms with Crippen molar-refractivity contribution in [2.75, 3.05) is 39.6 Å². The molecule has 1 aromatic rings. The van der Waals surface area contributed by atoms with Gasteiger partial charge in [0.1, 0.15) is 0 Å². The van der Waals surface area contributed by atoms with Crippen LogP contribution < -0.4 is 11.3 Å². The molecule has 1 saturated heterocycles. The number of rotatable bonds is 5. The lowest BCUT2D eigenvalue weighted by Crippen LogP contribution is -2.30. The zero-order chi connectivity index (χ0) is 13.8. The second-order valence-electron chi connectivity index (χ2n) is 4.80. The number of methoxy groups -OCH3 is 2. The first-order valence-electron chi connectivity index (χ1n) is 6.38. The van der Waals surface area contributed by atoms with Crippen molar-refractivity contribution in [3.05, 3.63) is 28.7 Å². The van der Waals surface area contributed by atoms with E-state index in [4.69, 9.17) is 15.2 Å². The number of hydrogen-bond donors (Lipinski definition) is 1. The van der Waals surface area contributed by atoms with Crippen LogP contribution in [0.4, 0.5) is 5.69 Å². The molecule has 0 saturated carbocycles. The van der Waals surface area contributed by atoms with E-state index < -0.39 is 0 Å². The predicted molar refractivity (Wildman–Crippen MR) is 73.1 cm³/mol. The summed E-state index contributed by atoms with van der Waals surface area (Å²) in [6, 6.07) is 3.12. The molecule has 2 heterocycles. The lowest BCUT2D eigenvalue weighted by Gasteiger charge is -2.16. The second kappa shape index (κ2) is 6.18. The van der Waals surface area contributed by atoms with Crippen LogP contribution in [0, 0.1) is 0 Å². The van der Waals surface area contributed by atoms with Crippen LogP contribution >= 0.6 is 0 Å². The molecule has 0 spiro atoms. The van der Waals surface area contributed by atoms with Crippen LogP contribution in [0.2, 0.25) is 0 Å². The number of nitrogens with two attached hydrogens (primary N) is 1. The largest absolute Gasteiger partial charge is 0.398 e. The molecule has 0 amide bonds. The smallest absolute Gasteiger partial charge is 0.250 e. The van der Waals surface area contributed by atoms with Crippen LogP contribution in [-0.4, -0.2) is 55.5 Å². The van der Waals surface area contributed by atoms with Gasteiger partial charge in [-0.3, -0.25) is 9.69 Å². The Balaban J connectivity index is 1.93. The number of likely N-dealkylation sites (tertiary alicyclic amines) is 1. The van der Waals surface area contributed by atoms with Crippen molar-refractivity contribution in [3.8, 4) is 0 Å². The Labute approximate surface area is 112 Å². The normalized spacial score (nSPS) is 23.9. The van der Waals surface area contributed by atoms with Crippen molar-refractivity contribution in [2.24, 2.45) is 0 Å². The Morgan fingerprint density at radius 3 is 2.42 bits per heavy atom. The van der Waals surface area contributed by atoms with Gasteiger partial charge in [0.25, 0.3) is 5.56 Å². The lowest BCUT2D eigenvalue weighted by atomic mass is 10.3. The Kier molecular flexibility index (Phi) is 4.57. The minimum atomic E-state index is -0.0278. The third-order valence-corrected chi connectivity index (χ3v) is 3.56. The van der Waals surface area contributed by atoms with E-state index in [1.807, 2.05) is 0 Å². The predicted octanol–water partition coefficient (Wildman–Crippen LogP) is -0.224. The van der Waals surface area contributed by atoms with E-state index >= 15 is 0 Å². The first kappa shape index (κ1) is 14.0. The SMILES string of the molecule is COC1CN(CCn2cc(N)ccc2=O)CC1OC. The molecule has 2 unspecified atom stereocenters. The zero-order valence-electron chi connectivity index (χ0n) is 11.4. The van der Waals surface area contributed by atoms with Gasteiger partial charge in [-0.25, -0.2) is 0 Å². The Morgan fingerprint density at radius 2 is 1.84 bits per heavy atom. The average molecular weight is 267 g/mol. The molecule has 2 N–H and O–H groups in total. The van der Waals surface area contributed by atoms with E-state index in [0.29, 0.717) is 12.2 Å². The fourth-order valence-electron chi connectivity index (χ4n) is 2.43.